The van der Waals surface area contributed by atoms with Gasteiger partial charge in [-0.25, -0.2) is 4.98 Å². The molecule has 1 aliphatic carbocycles. The zero-order valence-corrected chi connectivity index (χ0v) is 12.6. The van der Waals surface area contributed by atoms with Gasteiger partial charge in [-0.05, 0) is 25.2 Å². The van der Waals surface area contributed by atoms with Crippen LogP contribution >= 0.6 is 11.3 Å². The predicted octanol–water partition coefficient (Wildman–Crippen LogP) is 1.68. The molecule has 1 atom stereocenters. The quantitative estimate of drug-likeness (QED) is 0.902. The van der Waals surface area contributed by atoms with Crippen molar-refractivity contribution in [1.82, 2.24) is 9.88 Å². The van der Waals surface area contributed by atoms with Gasteiger partial charge >= 0.3 is 0 Å². The molecule has 1 aliphatic heterocycles. The number of carbonyl (C=O) groups excluding carboxylic acids is 2. The molecule has 2 aliphatic rings. The van der Waals surface area contributed by atoms with Crippen LogP contribution in [-0.2, 0) is 22.4 Å². The lowest BCUT2D eigenvalue weighted by Crippen LogP contribution is -2.53. The first-order valence-electron chi connectivity index (χ1n) is 7.08. The molecule has 1 N–H and O–H groups in total. The van der Waals surface area contributed by atoms with Gasteiger partial charge in [-0.1, -0.05) is 6.92 Å². The average Bonchev–Trinajstić information content (AvgIpc) is 2.67. The highest BCUT2D eigenvalue weighted by Gasteiger charge is 2.34. The van der Waals surface area contributed by atoms with E-state index in [4.69, 9.17) is 0 Å². The number of fused-ring (bicyclic) bond motifs is 1. The molecule has 1 aromatic rings. The smallest absolute Gasteiger partial charge is 0.232 e. The fourth-order valence-electron chi connectivity index (χ4n) is 2.70. The number of aromatic nitrogens is 1. The van der Waals surface area contributed by atoms with Crippen molar-refractivity contribution in [1.29, 1.82) is 0 Å². The minimum absolute atomic E-state index is 0.0124. The number of amides is 2. The number of likely N-dealkylation sites (tertiary alicyclic amines) is 1. The molecule has 108 valence electrons. The third-order valence-corrected chi connectivity index (χ3v) is 5.15. The fraction of sp³-hybridized carbons (Fsp3) is 0.643. The van der Waals surface area contributed by atoms with E-state index in [1.54, 1.807) is 16.2 Å². The minimum atomic E-state index is -0.0845. The Morgan fingerprint density at radius 2 is 2.15 bits per heavy atom. The van der Waals surface area contributed by atoms with Gasteiger partial charge in [0.25, 0.3) is 0 Å². The standard InChI is InChI=1S/C14H19N3O2S/c1-8-3-4-11-12(5-8)20-14(15-11)16-13(19)10-6-17(7-10)9(2)18/h8,10H,3-7H2,1-2H3,(H,15,16,19). The maximum atomic E-state index is 12.1. The molecule has 0 aromatic carbocycles. The molecule has 2 heterocycles. The monoisotopic (exact) mass is 293 g/mol. The number of hydrogen-bond acceptors (Lipinski definition) is 4. The lowest BCUT2D eigenvalue weighted by molar-refractivity contribution is -0.139. The topological polar surface area (TPSA) is 62.3 Å². The lowest BCUT2D eigenvalue weighted by atomic mass is 9.93. The van der Waals surface area contributed by atoms with Crippen LogP contribution in [0, 0.1) is 11.8 Å². The Morgan fingerprint density at radius 1 is 1.40 bits per heavy atom. The van der Waals surface area contributed by atoms with Gasteiger partial charge in [-0.2, -0.15) is 0 Å². The van der Waals surface area contributed by atoms with Crippen LogP contribution in [0.15, 0.2) is 0 Å². The highest BCUT2D eigenvalue weighted by atomic mass is 32.1. The number of nitrogens with zero attached hydrogens (tertiary/aromatic N) is 2. The Morgan fingerprint density at radius 3 is 2.85 bits per heavy atom. The van der Waals surface area contributed by atoms with Gasteiger partial charge in [0.05, 0.1) is 11.6 Å². The van der Waals surface area contributed by atoms with Crippen LogP contribution in [-0.4, -0.2) is 34.8 Å². The van der Waals surface area contributed by atoms with Crippen LogP contribution in [0.4, 0.5) is 5.13 Å². The van der Waals surface area contributed by atoms with Crippen molar-refractivity contribution in [3.8, 4) is 0 Å². The molecule has 0 radical (unpaired) electrons. The second-order valence-corrected chi connectivity index (χ2v) is 6.93. The van der Waals surface area contributed by atoms with E-state index in [2.05, 4.69) is 17.2 Å². The average molecular weight is 293 g/mol. The first-order chi connectivity index (χ1) is 9.52. The fourth-order valence-corrected chi connectivity index (χ4v) is 3.88. The van der Waals surface area contributed by atoms with Crippen molar-refractivity contribution in [2.45, 2.75) is 33.1 Å². The minimum Gasteiger partial charge on any atom is -0.341 e. The van der Waals surface area contributed by atoms with Gasteiger partial charge in [0.1, 0.15) is 0 Å². The van der Waals surface area contributed by atoms with Crippen LogP contribution in [0.2, 0.25) is 0 Å². The van der Waals surface area contributed by atoms with Crippen molar-refractivity contribution in [3.63, 3.8) is 0 Å². The van der Waals surface area contributed by atoms with Crippen molar-refractivity contribution in [2.24, 2.45) is 11.8 Å². The second-order valence-electron chi connectivity index (χ2n) is 5.85. The first kappa shape index (κ1) is 13.5. The number of hydrogen-bond donors (Lipinski definition) is 1. The first-order valence-corrected chi connectivity index (χ1v) is 7.89. The zero-order chi connectivity index (χ0) is 14.3. The maximum Gasteiger partial charge on any atom is 0.232 e. The third-order valence-electron chi connectivity index (χ3n) is 4.11. The molecule has 5 nitrogen and oxygen atoms in total. The Kier molecular flexibility index (Phi) is 3.50. The van der Waals surface area contributed by atoms with E-state index in [0.717, 1.165) is 23.7 Å². The van der Waals surface area contributed by atoms with Gasteiger partial charge in [0.2, 0.25) is 11.8 Å². The van der Waals surface area contributed by atoms with Crippen molar-refractivity contribution in [2.75, 3.05) is 18.4 Å². The summed E-state index contributed by atoms with van der Waals surface area (Å²) in [5, 5.41) is 3.62. The molecule has 0 bridgehead atoms. The summed E-state index contributed by atoms with van der Waals surface area (Å²) in [6.07, 6.45) is 3.27. The highest BCUT2D eigenvalue weighted by molar-refractivity contribution is 7.15. The molecule has 0 saturated carbocycles. The molecule has 6 heteroatoms. The van der Waals surface area contributed by atoms with E-state index >= 15 is 0 Å². The third kappa shape index (κ3) is 2.57. The van der Waals surface area contributed by atoms with Crippen molar-refractivity contribution in [3.05, 3.63) is 10.6 Å². The van der Waals surface area contributed by atoms with Crippen LogP contribution < -0.4 is 5.32 Å². The summed E-state index contributed by atoms with van der Waals surface area (Å²) in [5.74, 6) is 0.649. The lowest BCUT2D eigenvalue weighted by Gasteiger charge is -2.37. The van der Waals surface area contributed by atoms with Gasteiger partial charge in [-0.15, -0.1) is 11.3 Å². The zero-order valence-electron chi connectivity index (χ0n) is 11.8. The summed E-state index contributed by atoms with van der Waals surface area (Å²) in [6, 6.07) is 0. The summed E-state index contributed by atoms with van der Waals surface area (Å²) in [4.78, 5) is 30.7. The number of nitrogens with one attached hydrogen (secondary N) is 1. The Bertz CT molecular complexity index is 549. The van der Waals surface area contributed by atoms with Crippen LogP contribution in [0.3, 0.4) is 0 Å². The summed E-state index contributed by atoms with van der Waals surface area (Å²) < 4.78 is 0. The van der Waals surface area contributed by atoms with Crippen LogP contribution in [0.1, 0.15) is 30.8 Å². The molecule has 1 saturated heterocycles. The molecule has 2 amide bonds. The van der Waals surface area contributed by atoms with Crippen LogP contribution in [0.25, 0.3) is 0 Å². The van der Waals surface area contributed by atoms with E-state index in [-0.39, 0.29) is 17.7 Å². The van der Waals surface area contributed by atoms with E-state index in [1.165, 1.54) is 18.2 Å². The molecular weight excluding hydrogens is 274 g/mol. The Labute approximate surface area is 122 Å². The molecular formula is C14H19N3O2S. The van der Waals surface area contributed by atoms with E-state index in [1.807, 2.05) is 0 Å². The number of aryl methyl sites for hydroxylation is 1. The van der Waals surface area contributed by atoms with Gasteiger partial charge in [0.15, 0.2) is 5.13 Å². The number of thiazole rings is 1. The molecule has 20 heavy (non-hydrogen) atoms. The molecule has 1 fully saturated rings. The van der Waals surface area contributed by atoms with Crippen molar-refractivity contribution >= 4 is 28.3 Å². The van der Waals surface area contributed by atoms with Gasteiger partial charge < -0.3 is 10.2 Å². The largest absolute Gasteiger partial charge is 0.341 e. The number of rotatable bonds is 2. The van der Waals surface area contributed by atoms with E-state index < -0.39 is 0 Å². The molecule has 3 rings (SSSR count). The SMILES string of the molecule is CC(=O)N1CC(C(=O)Nc2nc3c(s2)CC(C)CC3)C1. The van der Waals surface area contributed by atoms with Crippen molar-refractivity contribution < 1.29 is 9.59 Å². The number of carbonyl (C=O) groups is 2. The van der Waals surface area contributed by atoms with Gasteiger partial charge in [-0.3, -0.25) is 9.59 Å². The molecule has 1 unspecified atom stereocenters. The normalized spacial score (nSPS) is 22.1. The predicted molar refractivity (Wildman–Crippen MR) is 77.7 cm³/mol. The Balaban J connectivity index is 1.59. The Hall–Kier alpha value is -1.43. The van der Waals surface area contributed by atoms with E-state index in [9.17, 15) is 9.59 Å². The van der Waals surface area contributed by atoms with Gasteiger partial charge in [0, 0.05) is 24.9 Å². The van der Waals surface area contributed by atoms with Crippen LogP contribution in [0.5, 0.6) is 0 Å². The summed E-state index contributed by atoms with van der Waals surface area (Å²) >= 11 is 1.60. The second kappa shape index (κ2) is 5.16. The molecule has 1 aromatic heterocycles. The summed E-state index contributed by atoms with van der Waals surface area (Å²) in [6.45, 7) is 4.85. The summed E-state index contributed by atoms with van der Waals surface area (Å²) in [7, 11) is 0. The highest BCUT2D eigenvalue weighted by Crippen LogP contribution is 2.32. The maximum absolute atomic E-state index is 12.1. The van der Waals surface area contributed by atoms with E-state index in [0.29, 0.717) is 19.0 Å². The summed E-state index contributed by atoms with van der Waals surface area (Å²) in [5.41, 5.74) is 1.15. The molecule has 0 spiro atoms. The number of anilines is 1.